The fourth-order valence-electron chi connectivity index (χ4n) is 6.94. The number of nitrogens with zero attached hydrogens (tertiary/aromatic N) is 1. The van der Waals surface area contributed by atoms with Gasteiger partial charge in [-0.25, -0.2) is 0 Å². The van der Waals surface area contributed by atoms with Gasteiger partial charge in [-0.1, -0.05) is 78.3 Å². The molecule has 0 bridgehead atoms. The van der Waals surface area contributed by atoms with Crippen molar-refractivity contribution >= 4 is 40.8 Å². The molecular formula is C34H25ClN2O4. The normalized spacial score (nSPS) is 23.5. The smallest absolute Gasteiger partial charge is 0.238 e. The van der Waals surface area contributed by atoms with Crippen LogP contribution >= 0.6 is 11.6 Å². The van der Waals surface area contributed by atoms with Gasteiger partial charge in [0, 0.05) is 23.0 Å². The number of methoxy groups -OCH3 is 1. The summed E-state index contributed by atoms with van der Waals surface area (Å²) >= 11 is 6.56. The fraction of sp³-hybridized carbons (Fsp3) is 0.147. The molecule has 4 atom stereocenters. The van der Waals surface area contributed by atoms with Gasteiger partial charge in [0.2, 0.25) is 5.91 Å². The predicted molar refractivity (Wildman–Crippen MR) is 157 cm³/mol. The third-order valence-corrected chi connectivity index (χ3v) is 8.94. The van der Waals surface area contributed by atoms with Gasteiger partial charge in [0.1, 0.15) is 17.2 Å². The molecule has 3 aliphatic rings. The average molecular weight is 561 g/mol. The van der Waals surface area contributed by atoms with Crippen molar-refractivity contribution in [1.29, 1.82) is 0 Å². The van der Waals surface area contributed by atoms with E-state index in [1.165, 1.54) is 7.11 Å². The lowest BCUT2D eigenvalue weighted by Crippen LogP contribution is -2.49. The Morgan fingerprint density at radius 2 is 1.66 bits per heavy atom. The number of hydrogen-bond acceptors (Lipinski definition) is 5. The fourth-order valence-corrected chi connectivity index (χ4v) is 7.17. The second-order valence-corrected chi connectivity index (χ2v) is 10.9. The van der Waals surface area contributed by atoms with Crippen LogP contribution in [0.1, 0.15) is 43.4 Å². The van der Waals surface area contributed by atoms with E-state index in [4.69, 9.17) is 16.3 Å². The Kier molecular flexibility index (Phi) is 5.84. The van der Waals surface area contributed by atoms with Gasteiger partial charge in [-0.15, -0.1) is 0 Å². The minimum absolute atomic E-state index is 0.292. The summed E-state index contributed by atoms with van der Waals surface area (Å²) in [6.45, 7) is 0. The summed E-state index contributed by atoms with van der Waals surface area (Å²) in [4.78, 5) is 45.8. The quantitative estimate of drug-likeness (QED) is 0.289. The molecule has 0 radical (unpaired) electrons. The second-order valence-electron chi connectivity index (χ2n) is 10.5. The van der Waals surface area contributed by atoms with E-state index >= 15 is 0 Å². The number of ketones is 2. The highest BCUT2D eigenvalue weighted by Crippen LogP contribution is 2.62. The van der Waals surface area contributed by atoms with Gasteiger partial charge in [-0.2, -0.15) is 0 Å². The first-order valence-corrected chi connectivity index (χ1v) is 13.8. The summed E-state index contributed by atoms with van der Waals surface area (Å²) in [5.41, 5.74) is 2.40. The molecule has 1 spiro atoms. The van der Waals surface area contributed by atoms with E-state index < -0.39 is 23.4 Å². The van der Waals surface area contributed by atoms with Crippen LogP contribution in [-0.4, -0.2) is 35.5 Å². The Labute approximate surface area is 242 Å². The molecule has 7 heteroatoms. The molecule has 0 aliphatic carbocycles. The van der Waals surface area contributed by atoms with E-state index in [9.17, 15) is 14.4 Å². The summed E-state index contributed by atoms with van der Waals surface area (Å²) in [6, 6.07) is 27.3. The zero-order chi connectivity index (χ0) is 28.3. The SMILES string of the molecule is COc1cccc(C(=O)[C@@H]2[C@H](C(=O)c3ccccc3Cl)N3C=Cc4ccccc4[C@H]3[C@@]23C(=O)Nc2ccccc23)c1. The molecule has 4 aromatic rings. The molecule has 1 N–H and O–H groups in total. The Morgan fingerprint density at radius 3 is 2.49 bits per heavy atom. The van der Waals surface area contributed by atoms with Gasteiger partial charge >= 0.3 is 0 Å². The van der Waals surface area contributed by atoms with E-state index in [2.05, 4.69) is 5.32 Å². The van der Waals surface area contributed by atoms with Gasteiger partial charge in [0.25, 0.3) is 0 Å². The standard InChI is InChI=1S/C34H25ClN2O4/c1-41-22-11-8-10-21(19-22)30(38)28-29(31(39)24-13-4-6-15-26(24)35)37-18-17-20-9-2-3-12-23(20)32(37)34(28)25-14-5-7-16-27(25)36-33(34)40/h2-19,28-29,32H,1H3,(H,36,40)/t28-,29+,32-,34-/m0/s1. The molecule has 202 valence electrons. The number of halogens is 1. The molecular weight excluding hydrogens is 536 g/mol. The lowest BCUT2D eigenvalue weighted by atomic mass is 9.62. The maximum atomic E-state index is 14.8. The Morgan fingerprint density at radius 1 is 0.902 bits per heavy atom. The van der Waals surface area contributed by atoms with E-state index in [0.717, 1.165) is 11.1 Å². The molecule has 1 saturated heterocycles. The summed E-state index contributed by atoms with van der Waals surface area (Å²) in [5, 5.41) is 3.35. The maximum absolute atomic E-state index is 14.8. The Balaban J connectivity index is 1.55. The average Bonchev–Trinajstić information content (AvgIpc) is 3.49. The van der Waals surface area contributed by atoms with Crippen molar-refractivity contribution < 1.29 is 19.1 Å². The summed E-state index contributed by atoms with van der Waals surface area (Å²) in [7, 11) is 1.53. The minimum Gasteiger partial charge on any atom is -0.497 e. The highest BCUT2D eigenvalue weighted by atomic mass is 35.5. The lowest BCUT2D eigenvalue weighted by molar-refractivity contribution is -0.122. The van der Waals surface area contributed by atoms with E-state index in [1.54, 1.807) is 48.5 Å². The van der Waals surface area contributed by atoms with Crippen molar-refractivity contribution in [1.82, 2.24) is 4.90 Å². The van der Waals surface area contributed by atoms with Crippen molar-refractivity contribution in [3.8, 4) is 5.75 Å². The third kappa shape index (κ3) is 3.54. The number of hydrogen-bond donors (Lipinski definition) is 1. The first kappa shape index (κ1) is 25.3. The van der Waals surface area contributed by atoms with Crippen LogP contribution < -0.4 is 10.1 Å². The second kappa shape index (κ2) is 9.46. The van der Waals surface area contributed by atoms with Crippen LogP contribution in [0.3, 0.4) is 0 Å². The Hall–Kier alpha value is -4.68. The number of rotatable bonds is 5. The summed E-state index contributed by atoms with van der Waals surface area (Å²) in [5.74, 6) is -1.52. The van der Waals surface area contributed by atoms with Crippen LogP contribution in [0.4, 0.5) is 5.69 Å². The van der Waals surface area contributed by atoms with Gasteiger partial charge in [0.05, 0.1) is 24.1 Å². The number of carbonyl (C=O) groups excluding carboxylic acids is 3. The molecule has 7 rings (SSSR count). The third-order valence-electron chi connectivity index (χ3n) is 8.62. The predicted octanol–water partition coefficient (Wildman–Crippen LogP) is 6.33. The van der Waals surface area contributed by atoms with Crippen molar-refractivity contribution in [2.45, 2.75) is 17.5 Å². The molecule has 6 nitrogen and oxygen atoms in total. The van der Waals surface area contributed by atoms with Crippen LogP contribution in [-0.2, 0) is 10.2 Å². The van der Waals surface area contributed by atoms with Crippen LogP contribution in [0.2, 0.25) is 5.02 Å². The molecule has 0 saturated carbocycles. The number of ether oxygens (including phenoxy) is 1. The highest BCUT2D eigenvalue weighted by Gasteiger charge is 2.70. The molecule has 0 aromatic heterocycles. The van der Waals surface area contributed by atoms with Crippen molar-refractivity contribution in [3.63, 3.8) is 0 Å². The first-order chi connectivity index (χ1) is 20.0. The number of carbonyl (C=O) groups is 3. The highest BCUT2D eigenvalue weighted by molar-refractivity contribution is 6.34. The lowest BCUT2D eigenvalue weighted by Gasteiger charge is -2.38. The first-order valence-electron chi connectivity index (χ1n) is 13.4. The minimum atomic E-state index is -1.40. The number of Topliss-reactive ketones (excluding diaryl/α,β-unsaturated/α-hetero) is 2. The topological polar surface area (TPSA) is 75.7 Å². The van der Waals surface area contributed by atoms with E-state index in [-0.39, 0.29) is 17.5 Å². The number of nitrogens with one attached hydrogen (secondary N) is 1. The van der Waals surface area contributed by atoms with Crippen molar-refractivity contribution in [2.24, 2.45) is 5.92 Å². The number of para-hydroxylation sites is 1. The van der Waals surface area contributed by atoms with Gasteiger partial charge in [-0.05, 0) is 53.1 Å². The van der Waals surface area contributed by atoms with Crippen LogP contribution in [0.15, 0.2) is 103 Å². The number of fused-ring (bicyclic) bond motifs is 6. The summed E-state index contributed by atoms with van der Waals surface area (Å²) < 4.78 is 5.42. The zero-order valence-corrected chi connectivity index (χ0v) is 22.8. The van der Waals surface area contributed by atoms with E-state index in [0.29, 0.717) is 33.1 Å². The van der Waals surface area contributed by atoms with Crippen LogP contribution in [0.25, 0.3) is 6.08 Å². The Bertz CT molecular complexity index is 1780. The van der Waals surface area contributed by atoms with Crippen LogP contribution in [0, 0.1) is 5.92 Å². The van der Waals surface area contributed by atoms with Crippen LogP contribution in [0.5, 0.6) is 5.75 Å². The largest absolute Gasteiger partial charge is 0.497 e. The number of amides is 1. The molecule has 1 fully saturated rings. The molecule has 1 amide bonds. The monoisotopic (exact) mass is 560 g/mol. The summed E-state index contributed by atoms with van der Waals surface area (Å²) in [6.07, 6.45) is 3.78. The van der Waals surface area contributed by atoms with Crippen molar-refractivity contribution in [2.75, 3.05) is 12.4 Å². The van der Waals surface area contributed by atoms with E-state index in [1.807, 2.05) is 65.7 Å². The number of benzene rings is 4. The molecule has 3 heterocycles. The van der Waals surface area contributed by atoms with Gasteiger partial charge < -0.3 is 15.0 Å². The van der Waals surface area contributed by atoms with Gasteiger partial charge in [-0.3, -0.25) is 14.4 Å². The van der Waals surface area contributed by atoms with Crippen molar-refractivity contribution in [3.05, 3.63) is 136 Å². The van der Waals surface area contributed by atoms with Gasteiger partial charge in [0.15, 0.2) is 11.6 Å². The maximum Gasteiger partial charge on any atom is 0.238 e. The molecule has 3 aliphatic heterocycles. The zero-order valence-electron chi connectivity index (χ0n) is 22.1. The molecule has 0 unspecified atom stereocenters. The molecule has 41 heavy (non-hydrogen) atoms. The number of anilines is 1. The molecule has 4 aromatic carbocycles.